The summed E-state index contributed by atoms with van der Waals surface area (Å²) in [6, 6.07) is 3.84. The van der Waals surface area contributed by atoms with Crippen LogP contribution in [0.15, 0.2) is 24.5 Å². The molecule has 1 atom stereocenters. The Balaban J connectivity index is 1.32. The van der Waals surface area contributed by atoms with Crippen LogP contribution in [0.25, 0.3) is 0 Å². The van der Waals surface area contributed by atoms with Crippen LogP contribution < -0.4 is 10.2 Å². The zero-order valence-corrected chi connectivity index (χ0v) is 18.5. The highest BCUT2D eigenvalue weighted by molar-refractivity contribution is 7.15. The van der Waals surface area contributed by atoms with E-state index in [-0.39, 0.29) is 23.7 Å². The van der Waals surface area contributed by atoms with Gasteiger partial charge in [-0.3, -0.25) is 14.6 Å². The quantitative estimate of drug-likeness (QED) is 0.792. The molecule has 1 fully saturated rings. The molecule has 1 aliphatic carbocycles. The Morgan fingerprint density at radius 2 is 1.93 bits per heavy atom. The molecule has 3 heterocycles. The summed E-state index contributed by atoms with van der Waals surface area (Å²) < 4.78 is 0. The normalized spacial score (nSPS) is 19.0. The van der Waals surface area contributed by atoms with Crippen molar-refractivity contribution in [2.75, 3.05) is 31.1 Å². The van der Waals surface area contributed by atoms with E-state index in [1.54, 1.807) is 23.7 Å². The van der Waals surface area contributed by atoms with Crippen molar-refractivity contribution in [3.05, 3.63) is 40.7 Å². The molecule has 2 amide bonds. The highest BCUT2D eigenvalue weighted by atomic mass is 32.1. The topological polar surface area (TPSA) is 78.4 Å². The predicted molar refractivity (Wildman–Crippen MR) is 117 cm³/mol. The first-order chi connectivity index (χ1) is 14.5. The van der Waals surface area contributed by atoms with Crippen LogP contribution in [0.2, 0.25) is 0 Å². The Morgan fingerprint density at radius 1 is 1.20 bits per heavy atom. The van der Waals surface area contributed by atoms with E-state index in [1.807, 2.05) is 30.9 Å². The lowest BCUT2D eigenvalue weighted by molar-refractivity contribution is -0.134. The Hall–Kier alpha value is -2.48. The molecule has 0 spiro atoms. The van der Waals surface area contributed by atoms with Crippen LogP contribution >= 0.6 is 11.3 Å². The van der Waals surface area contributed by atoms with Crippen LogP contribution in [0.5, 0.6) is 0 Å². The lowest BCUT2D eigenvalue weighted by atomic mass is 9.90. The average molecular weight is 428 g/mol. The third-order valence-electron chi connectivity index (χ3n) is 5.87. The van der Waals surface area contributed by atoms with Gasteiger partial charge < -0.3 is 15.1 Å². The number of piperazine rings is 1. The van der Waals surface area contributed by atoms with Gasteiger partial charge >= 0.3 is 0 Å². The van der Waals surface area contributed by atoms with Gasteiger partial charge in [-0.2, -0.15) is 0 Å². The number of thiazole rings is 1. The Kier molecular flexibility index (Phi) is 6.32. The number of hydrogen-bond donors (Lipinski definition) is 1. The molecule has 1 aliphatic heterocycles. The summed E-state index contributed by atoms with van der Waals surface area (Å²) >= 11 is 1.72. The number of amides is 2. The number of fused-ring (bicyclic) bond motifs is 1. The van der Waals surface area contributed by atoms with Gasteiger partial charge in [0.15, 0.2) is 5.13 Å². The van der Waals surface area contributed by atoms with E-state index in [0.29, 0.717) is 6.54 Å². The van der Waals surface area contributed by atoms with E-state index in [9.17, 15) is 9.59 Å². The fourth-order valence-electron chi connectivity index (χ4n) is 4.04. The van der Waals surface area contributed by atoms with E-state index in [4.69, 9.17) is 4.98 Å². The Morgan fingerprint density at radius 3 is 2.63 bits per heavy atom. The maximum Gasteiger partial charge on any atom is 0.225 e. The molecule has 30 heavy (non-hydrogen) atoms. The van der Waals surface area contributed by atoms with Crippen LogP contribution in [0.3, 0.4) is 0 Å². The van der Waals surface area contributed by atoms with Gasteiger partial charge in [-0.25, -0.2) is 4.98 Å². The van der Waals surface area contributed by atoms with Gasteiger partial charge in [-0.05, 0) is 37.0 Å². The van der Waals surface area contributed by atoms with Gasteiger partial charge in [-0.15, -0.1) is 11.3 Å². The number of carbonyl (C=O) groups is 2. The molecule has 1 saturated heterocycles. The molecule has 2 aliphatic rings. The summed E-state index contributed by atoms with van der Waals surface area (Å²) in [5.74, 6) is 0.403. The van der Waals surface area contributed by atoms with Crippen LogP contribution in [-0.4, -0.2) is 52.9 Å². The largest absolute Gasteiger partial charge is 0.352 e. The zero-order chi connectivity index (χ0) is 21.1. The molecule has 0 saturated carbocycles. The molecule has 0 unspecified atom stereocenters. The smallest absolute Gasteiger partial charge is 0.225 e. The summed E-state index contributed by atoms with van der Waals surface area (Å²) in [7, 11) is 0. The minimum Gasteiger partial charge on any atom is -0.352 e. The maximum absolute atomic E-state index is 12.7. The number of pyridine rings is 1. The second-order valence-corrected chi connectivity index (χ2v) is 9.41. The van der Waals surface area contributed by atoms with E-state index >= 15 is 0 Å². The van der Waals surface area contributed by atoms with Gasteiger partial charge in [0, 0.05) is 61.8 Å². The standard InChI is InChI=1S/C22H29N5O2S/c1-15(2)21(29)26-9-11-27(12-10-26)22-25-18-4-3-17(13-19(18)30-22)20(28)24-14-16-5-7-23-8-6-16/h5-8,15,17H,3-4,9-14H2,1-2H3,(H,24,28)/t17-/m1/s1. The van der Waals surface area contributed by atoms with Gasteiger partial charge in [0.2, 0.25) is 11.8 Å². The number of nitrogens with zero attached hydrogens (tertiary/aromatic N) is 4. The zero-order valence-electron chi connectivity index (χ0n) is 17.6. The third kappa shape index (κ3) is 4.64. The van der Waals surface area contributed by atoms with Gasteiger partial charge in [0.05, 0.1) is 5.69 Å². The van der Waals surface area contributed by atoms with Gasteiger partial charge in [-0.1, -0.05) is 13.8 Å². The van der Waals surface area contributed by atoms with Crippen LogP contribution in [0.4, 0.5) is 5.13 Å². The molecule has 8 heteroatoms. The van der Waals surface area contributed by atoms with E-state index < -0.39 is 0 Å². The second-order valence-electron chi connectivity index (χ2n) is 8.35. The lowest BCUT2D eigenvalue weighted by Gasteiger charge is -2.35. The second kappa shape index (κ2) is 9.12. The number of rotatable bonds is 5. The van der Waals surface area contributed by atoms with Crippen molar-refractivity contribution in [1.29, 1.82) is 0 Å². The molecule has 7 nitrogen and oxygen atoms in total. The third-order valence-corrected chi connectivity index (χ3v) is 7.05. The first kappa shape index (κ1) is 20.8. The molecule has 4 rings (SSSR count). The summed E-state index contributed by atoms with van der Waals surface area (Å²) in [6.45, 7) is 7.59. The van der Waals surface area contributed by atoms with Crippen molar-refractivity contribution < 1.29 is 9.59 Å². The van der Waals surface area contributed by atoms with E-state index in [2.05, 4.69) is 15.2 Å². The summed E-state index contributed by atoms with van der Waals surface area (Å²) in [5.41, 5.74) is 2.21. The van der Waals surface area contributed by atoms with Crippen molar-refractivity contribution in [1.82, 2.24) is 20.2 Å². The van der Waals surface area contributed by atoms with Crippen molar-refractivity contribution in [2.24, 2.45) is 11.8 Å². The molecule has 0 bridgehead atoms. The molecule has 2 aromatic rings. The fourth-order valence-corrected chi connectivity index (χ4v) is 5.28. The minimum atomic E-state index is 0.00754. The first-order valence-corrected chi connectivity index (χ1v) is 11.5. The van der Waals surface area contributed by atoms with Crippen molar-refractivity contribution in [2.45, 2.75) is 39.7 Å². The highest BCUT2D eigenvalue weighted by Crippen LogP contribution is 2.34. The molecular weight excluding hydrogens is 398 g/mol. The van der Waals surface area contributed by atoms with Crippen LogP contribution in [0.1, 0.15) is 36.4 Å². The summed E-state index contributed by atoms with van der Waals surface area (Å²) in [4.78, 5) is 39.2. The lowest BCUT2D eigenvalue weighted by Crippen LogP contribution is -2.49. The summed E-state index contributed by atoms with van der Waals surface area (Å²) in [6.07, 6.45) is 5.94. The fraction of sp³-hybridized carbons (Fsp3) is 0.545. The molecule has 160 valence electrons. The number of nitrogens with one attached hydrogen (secondary N) is 1. The van der Waals surface area contributed by atoms with Gasteiger partial charge in [0.1, 0.15) is 0 Å². The van der Waals surface area contributed by atoms with Crippen LogP contribution in [0, 0.1) is 11.8 Å². The van der Waals surface area contributed by atoms with Crippen molar-refractivity contribution in [3.8, 4) is 0 Å². The number of aryl methyl sites for hydroxylation is 1. The molecular formula is C22H29N5O2S. The maximum atomic E-state index is 12.7. The monoisotopic (exact) mass is 427 g/mol. The molecule has 1 N–H and O–H groups in total. The van der Waals surface area contributed by atoms with Crippen molar-refractivity contribution >= 4 is 28.3 Å². The molecule has 0 radical (unpaired) electrons. The molecule has 0 aromatic carbocycles. The Labute approximate surface area is 181 Å². The van der Waals surface area contributed by atoms with Crippen LogP contribution in [-0.2, 0) is 29.0 Å². The number of hydrogen-bond acceptors (Lipinski definition) is 6. The Bertz CT molecular complexity index is 890. The average Bonchev–Trinajstić information content (AvgIpc) is 3.21. The minimum absolute atomic E-state index is 0.00754. The summed E-state index contributed by atoms with van der Waals surface area (Å²) in [5, 5.41) is 4.10. The van der Waals surface area contributed by atoms with Gasteiger partial charge in [0.25, 0.3) is 0 Å². The van der Waals surface area contributed by atoms with Crippen molar-refractivity contribution in [3.63, 3.8) is 0 Å². The number of carbonyl (C=O) groups excluding carboxylic acids is 2. The first-order valence-electron chi connectivity index (χ1n) is 10.7. The van der Waals surface area contributed by atoms with E-state index in [0.717, 1.165) is 61.8 Å². The predicted octanol–water partition coefficient (Wildman–Crippen LogP) is 2.26. The molecule has 2 aromatic heterocycles. The number of aromatic nitrogens is 2. The highest BCUT2D eigenvalue weighted by Gasteiger charge is 2.30. The SMILES string of the molecule is CC(C)C(=O)N1CCN(c2nc3c(s2)C[C@H](C(=O)NCc2ccncc2)CC3)CC1. The number of anilines is 1. The van der Waals surface area contributed by atoms with E-state index in [1.165, 1.54) is 4.88 Å².